The van der Waals surface area contributed by atoms with Gasteiger partial charge in [-0.15, -0.1) is 0 Å². The highest BCUT2D eigenvalue weighted by Gasteiger charge is 2.12. The molecule has 5 heteroatoms. The summed E-state index contributed by atoms with van der Waals surface area (Å²) in [6, 6.07) is 7.60. The monoisotopic (exact) mass is 308 g/mol. The zero-order valence-corrected chi connectivity index (χ0v) is 11.2. The number of hydrogen-bond donors (Lipinski definition) is 1. The molecule has 0 aliphatic rings. The Kier molecular flexibility index (Phi) is 3.72. The minimum absolute atomic E-state index is 0.00107. The number of aromatic nitrogens is 1. The number of amides is 1. The van der Waals surface area contributed by atoms with E-state index in [2.05, 4.69) is 26.2 Å². The van der Waals surface area contributed by atoms with Crippen molar-refractivity contribution in [2.75, 3.05) is 5.32 Å². The maximum Gasteiger partial charge on any atom is 0.258 e. The summed E-state index contributed by atoms with van der Waals surface area (Å²) in [6.45, 7) is 1.81. The predicted octanol–water partition coefficient (Wildman–Crippen LogP) is 3.54. The molecule has 0 aliphatic carbocycles. The molecule has 18 heavy (non-hydrogen) atoms. The standard InChI is InChI=1S/C13H10BrFN2O/c1-8-6-10(4-5-16-8)17-13(18)11-7-9(14)2-3-12(11)15/h2-7H,1H3,(H,16,17,18). The number of halogens is 2. The fourth-order valence-electron chi connectivity index (χ4n) is 1.49. The van der Waals surface area contributed by atoms with Crippen molar-refractivity contribution < 1.29 is 9.18 Å². The van der Waals surface area contributed by atoms with Gasteiger partial charge in [-0.25, -0.2) is 4.39 Å². The molecule has 0 spiro atoms. The summed E-state index contributed by atoms with van der Waals surface area (Å²) in [5.41, 5.74) is 1.37. The summed E-state index contributed by atoms with van der Waals surface area (Å²) in [6.07, 6.45) is 1.59. The van der Waals surface area contributed by atoms with Crippen molar-refractivity contribution in [2.45, 2.75) is 6.92 Å². The van der Waals surface area contributed by atoms with E-state index in [0.29, 0.717) is 10.2 Å². The van der Waals surface area contributed by atoms with Gasteiger partial charge in [0.05, 0.1) is 5.56 Å². The van der Waals surface area contributed by atoms with Crippen LogP contribution in [-0.4, -0.2) is 10.9 Å². The molecular weight excluding hydrogens is 299 g/mol. The smallest absolute Gasteiger partial charge is 0.258 e. The second-order valence-electron chi connectivity index (χ2n) is 3.76. The van der Waals surface area contributed by atoms with Crippen LogP contribution in [0.25, 0.3) is 0 Å². The lowest BCUT2D eigenvalue weighted by Gasteiger charge is -2.06. The minimum atomic E-state index is -0.554. The molecule has 0 saturated carbocycles. The van der Waals surface area contributed by atoms with Gasteiger partial charge >= 0.3 is 0 Å². The van der Waals surface area contributed by atoms with Gasteiger partial charge in [-0.3, -0.25) is 9.78 Å². The Labute approximate surface area is 112 Å². The summed E-state index contributed by atoms with van der Waals surface area (Å²) in [4.78, 5) is 15.9. The summed E-state index contributed by atoms with van der Waals surface area (Å²) < 4.78 is 14.2. The van der Waals surface area contributed by atoms with Gasteiger partial charge in [0.2, 0.25) is 0 Å². The van der Waals surface area contributed by atoms with Crippen molar-refractivity contribution >= 4 is 27.5 Å². The molecule has 0 bridgehead atoms. The number of anilines is 1. The molecule has 3 nitrogen and oxygen atoms in total. The molecule has 0 fully saturated rings. The number of carbonyl (C=O) groups is 1. The van der Waals surface area contributed by atoms with Crippen LogP contribution in [0.1, 0.15) is 16.1 Å². The van der Waals surface area contributed by atoms with E-state index < -0.39 is 11.7 Å². The van der Waals surface area contributed by atoms with Gasteiger partial charge in [0, 0.05) is 22.1 Å². The normalized spacial score (nSPS) is 10.2. The Morgan fingerprint density at radius 2 is 2.11 bits per heavy atom. The molecule has 0 atom stereocenters. The molecule has 2 rings (SSSR count). The number of rotatable bonds is 2. The molecule has 0 aliphatic heterocycles. The maximum absolute atomic E-state index is 13.5. The van der Waals surface area contributed by atoms with Crippen LogP contribution < -0.4 is 5.32 Å². The second kappa shape index (κ2) is 5.27. The molecule has 1 aromatic heterocycles. The zero-order valence-electron chi connectivity index (χ0n) is 9.58. The van der Waals surface area contributed by atoms with Gasteiger partial charge in [0.1, 0.15) is 5.82 Å². The van der Waals surface area contributed by atoms with Crippen LogP contribution >= 0.6 is 15.9 Å². The highest BCUT2D eigenvalue weighted by molar-refractivity contribution is 9.10. The first-order valence-corrected chi connectivity index (χ1v) is 6.04. The molecule has 1 N–H and O–H groups in total. The summed E-state index contributed by atoms with van der Waals surface area (Å²) in [5.74, 6) is -1.04. The predicted molar refractivity (Wildman–Crippen MR) is 71.0 cm³/mol. The fourth-order valence-corrected chi connectivity index (χ4v) is 1.85. The summed E-state index contributed by atoms with van der Waals surface area (Å²) in [7, 11) is 0. The molecule has 92 valence electrons. The van der Waals surface area contributed by atoms with Gasteiger partial charge < -0.3 is 5.32 Å². The topological polar surface area (TPSA) is 42.0 Å². The highest BCUT2D eigenvalue weighted by Crippen LogP contribution is 2.17. The number of hydrogen-bond acceptors (Lipinski definition) is 2. The van der Waals surface area contributed by atoms with Crippen molar-refractivity contribution in [3.8, 4) is 0 Å². The average molecular weight is 309 g/mol. The lowest BCUT2D eigenvalue weighted by atomic mass is 10.2. The van der Waals surface area contributed by atoms with Crippen molar-refractivity contribution in [1.82, 2.24) is 4.98 Å². The van der Waals surface area contributed by atoms with Crippen LogP contribution in [0.3, 0.4) is 0 Å². The second-order valence-corrected chi connectivity index (χ2v) is 4.68. The third-order valence-electron chi connectivity index (χ3n) is 2.33. The summed E-state index contributed by atoms with van der Waals surface area (Å²) >= 11 is 3.20. The van der Waals surface area contributed by atoms with E-state index in [1.165, 1.54) is 12.1 Å². The van der Waals surface area contributed by atoms with Crippen LogP contribution in [0, 0.1) is 12.7 Å². The van der Waals surface area contributed by atoms with Crippen LogP contribution in [0.2, 0.25) is 0 Å². The van der Waals surface area contributed by atoms with Gasteiger partial charge in [0.25, 0.3) is 5.91 Å². The van der Waals surface area contributed by atoms with Crippen molar-refractivity contribution in [1.29, 1.82) is 0 Å². The maximum atomic E-state index is 13.5. The van der Waals surface area contributed by atoms with Crippen LogP contribution in [0.5, 0.6) is 0 Å². The van der Waals surface area contributed by atoms with Crippen molar-refractivity contribution in [3.05, 3.63) is 58.1 Å². The number of benzene rings is 1. The van der Waals surface area contributed by atoms with Crippen molar-refractivity contribution in [2.24, 2.45) is 0 Å². The molecule has 1 aromatic carbocycles. The lowest BCUT2D eigenvalue weighted by Crippen LogP contribution is -2.14. The third kappa shape index (κ3) is 2.92. The van der Waals surface area contributed by atoms with E-state index >= 15 is 0 Å². The van der Waals surface area contributed by atoms with E-state index in [0.717, 1.165) is 5.69 Å². The Hall–Kier alpha value is -1.75. The van der Waals surface area contributed by atoms with E-state index in [4.69, 9.17) is 0 Å². The number of aryl methyl sites for hydroxylation is 1. The number of nitrogens with one attached hydrogen (secondary N) is 1. The van der Waals surface area contributed by atoms with Gasteiger partial charge in [-0.2, -0.15) is 0 Å². The quantitative estimate of drug-likeness (QED) is 0.922. The Morgan fingerprint density at radius 3 is 2.83 bits per heavy atom. The third-order valence-corrected chi connectivity index (χ3v) is 2.82. The first-order valence-electron chi connectivity index (χ1n) is 5.25. The molecule has 1 heterocycles. The molecule has 2 aromatic rings. The largest absolute Gasteiger partial charge is 0.322 e. The van der Waals surface area contributed by atoms with E-state index in [1.807, 2.05) is 6.92 Å². The first-order chi connectivity index (χ1) is 8.56. The van der Waals surface area contributed by atoms with Gasteiger partial charge in [-0.1, -0.05) is 15.9 Å². The number of nitrogens with zero attached hydrogens (tertiary/aromatic N) is 1. The Bertz CT molecular complexity index is 601. The molecule has 0 saturated heterocycles. The van der Waals surface area contributed by atoms with Crippen LogP contribution in [0.4, 0.5) is 10.1 Å². The molecular formula is C13H10BrFN2O. The lowest BCUT2D eigenvalue weighted by molar-refractivity contribution is 0.102. The number of pyridine rings is 1. The van der Waals surface area contributed by atoms with E-state index in [-0.39, 0.29) is 5.56 Å². The van der Waals surface area contributed by atoms with Crippen LogP contribution in [-0.2, 0) is 0 Å². The molecule has 0 unspecified atom stereocenters. The SMILES string of the molecule is Cc1cc(NC(=O)c2cc(Br)ccc2F)ccn1. The van der Waals surface area contributed by atoms with Crippen molar-refractivity contribution in [3.63, 3.8) is 0 Å². The number of carbonyl (C=O) groups excluding carboxylic acids is 1. The molecule has 0 radical (unpaired) electrons. The fraction of sp³-hybridized carbons (Fsp3) is 0.0769. The Balaban J connectivity index is 2.24. The molecule has 1 amide bonds. The minimum Gasteiger partial charge on any atom is -0.322 e. The van der Waals surface area contributed by atoms with Gasteiger partial charge in [-0.05, 0) is 37.3 Å². The van der Waals surface area contributed by atoms with Crippen LogP contribution in [0.15, 0.2) is 41.0 Å². The highest BCUT2D eigenvalue weighted by atomic mass is 79.9. The summed E-state index contributed by atoms with van der Waals surface area (Å²) in [5, 5.41) is 2.63. The van der Waals surface area contributed by atoms with Gasteiger partial charge in [0.15, 0.2) is 0 Å². The first kappa shape index (κ1) is 12.7. The van der Waals surface area contributed by atoms with E-state index in [9.17, 15) is 9.18 Å². The zero-order chi connectivity index (χ0) is 13.1. The average Bonchev–Trinajstić information content (AvgIpc) is 2.32. The Morgan fingerprint density at radius 1 is 1.33 bits per heavy atom. The van der Waals surface area contributed by atoms with E-state index in [1.54, 1.807) is 24.4 Å².